The number of hydrogen-bond donors (Lipinski definition) is 0. The van der Waals surface area contributed by atoms with Crippen molar-refractivity contribution in [2.75, 3.05) is 7.11 Å². The Hall–Kier alpha value is -0.430. The van der Waals surface area contributed by atoms with Gasteiger partial charge >= 0.3 is 0 Å². The van der Waals surface area contributed by atoms with E-state index in [9.17, 15) is 0 Å². The Morgan fingerprint density at radius 2 is 2.44 bits per heavy atom. The summed E-state index contributed by atoms with van der Waals surface area (Å²) >= 11 is 2.15. The van der Waals surface area contributed by atoms with E-state index in [4.69, 9.17) is 4.74 Å². The van der Waals surface area contributed by atoms with Crippen molar-refractivity contribution in [2.24, 2.45) is 0 Å². The van der Waals surface area contributed by atoms with Crippen LogP contribution in [0, 0.1) is 0 Å². The molecule has 0 heterocycles. The van der Waals surface area contributed by atoms with Crippen LogP contribution in [0.5, 0.6) is 0 Å². The highest BCUT2D eigenvalue weighted by molar-refractivity contribution is 14.1. The Kier molecular flexibility index (Phi) is 2.17. The van der Waals surface area contributed by atoms with E-state index in [2.05, 4.69) is 34.1 Å². The van der Waals surface area contributed by atoms with Crippen LogP contribution in [0.3, 0.4) is 0 Å². The molecule has 0 N–H and O–H groups in total. The minimum absolute atomic E-state index is 0.856. The molecule has 0 aromatic heterocycles. The number of halogens is 1. The van der Waals surface area contributed by atoms with Gasteiger partial charge in [-0.1, -0.05) is 11.5 Å². The fourth-order valence-electron chi connectivity index (χ4n) is 0.515. The van der Waals surface area contributed by atoms with Gasteiger partial charge in [0.15, 0.2) is 0 Å². The molecule has 0 amide bonds. The van der Waals surface area contributed by atoms with Crippen molar-refractivity contribution in [1.29, 1.82) is 0 Å². The molecule has 0 atom stereocenters. The summed E-state index contributed by atoms with van der Waals surface area (Å²) in [4.78, 5) is 0. The summed E-state index contributed by atoms with van der Waals surface area (Å²) in [5, 5.41) is 0. The smallest absolute Gasteiger partial charge is 0.141 e. The Morgan fingerprint density at radius 3 is 2.89 bits per heavy atom. The summed E-state index contributed by atoms with van der Waals surface area (Å²) in [6.45, 7) is 0. The molecule has 0 aliphatic heterocycles. The van der Waals surface area contributed by atoms with Crippen LogP contribution < -0.4 is 0 Å². The van der Waals surface area contributed by atoms with Gasteiger partial charge in [-0.2, -0.15) is 0 Å². The van der Waals surface area contributed by atoms with Gasteiger partial charge in [-0.05, 0) is 34.7 Å². The minimum atomic E-state index is 0.856. The molecule has 9 heavy (non-hydrogen) atoms. The van der Waals surface area contributed by atoms with Crippen LogP contribution in [0.15, 0.2) is 33.0 Å². The van der Waals surface area contributed by atoms with Crippen molar-refractivity contribution < 1.29 is 4.74 Å². The second kappa shape index (κ2) is 2.92. The fraction of sp³-hybridized carbons (Fsp3) is 0.143. The molecule has 0 unspecified atom stereocenters. The van der Waals surface area contributed by atoms with E-state index < -0.39 is 0 Å². The van der Waals surface area contributed by atoms with Gasteiger partial charge in [0.05, 0.1) is 7.11 Å². The molecule has 1 nitrogen and oxygen atoms in total. The molecule has 46 valence electrons. The Morgan fingerprint density at radius 1 is 1.67 bits per heavy atom. The zero-order valence-corrected chi connectivity index (χ0v) is 7.10. The van der Waals surface area contributed by atoms with Gasteiger partial charge < -0.3 is 4.74 Å². The molecule has 0 bridgehead atoms. The first-order valence-electron chi connectivity index (χ1n) is 2.46. The summed E-state index contributed by atoms with van der Waals surface area (Å²) < 4.78 is 5.96. The fourth-order valence-corrected chi connectivity index (χ4v) is 1.07. The first-order valence-corrected chi connectivity index (χ1v) is 3.54. The van der Waals surface area contributed by atoms with Crippen LogP contribution in [0.25, 0.3) is 0 Å². The van der Waals surface area contributed by atoms with Gasteiger partial charge in [0.1, 0.15) is 9.34 Å². The molecular weight excluding hydrogens is 227 g/mol. The molecule has 0 saturated carbocycles. The lowest BCUT2D eigenvalue weighted by Gasteiger charge is -2.00. The molecule has 1 aliphatic rings. The van der Waals surface area contributed by atoms with E-state index in [1.807, 2.05) is 6.08 Å². The predicted molar refractivity (Wildman–Crippen MR) is 44.2 cm³/mol. The molecule has 0 fully saturated rings. The Labute approximate surface area is 67.5 Å². The van der Waals surface area contributed by atoms with E-state index >= 15 is 0 Å². The average Bonchev–Trinajstić information content (AvgIpc) is 1.89. The van der Waals surface area contributed by atoms with Gasteiger partial charge in [-0.15, -0.1) is 0 Å². The van der Waals surface area contributed by atoms with E-state index in [0.29, 0.717) is 0 Å². The quantitative estimate of drug-likeness (QED) is 0.497. The molecule has 1 rings (SSSR count). The molecule has 0 aromatic carbocycles. The number of allylic oxidation sites excluding steroid dienone is 3. The first-order chi connectivity index (χ1) is 4.34. The van der Waals surface area contributed by atoms with Crippen LogP contribution in [0.2, 0.25) is 0 Å². The van der Waals surface area contributed by atoms with Gasteiger partial charge in [0, 0.05) is 0 Å². The third-order valence-electron chi connectivity index (χ3n) is 0.936. The van der Waals surface area contributed by atoms with E-state index in [1.54, 1.807) is 13.2 Å². The van der Waals surface area contributed by atoms with Crippen molar-refractivity contribution in [2.45, 2.75) is 0 Å². The Balaban J connectivity index is 2.97. The second-order valence-corrected chi connectivity index (χ2v) is 2.56. The van der Waals surface area contributed by atoms with Crippen LogP contribution in [0.1, 0.15) is 0 Å². The topological polar surface area (TPSA) is 9.23 Å². The number of ether oxygens (including phenoxy) is 1. The highest BCUT2D eigenvalue weighted by Crippen LogP contribution is 2.17. The van der Waals surface area contributed by atoms with Crippen LogP contribution in [-0.4, -0.2) is 7.11 Å². The number of rotatable bonds is 1. The molecule has 2 heteroatoms. The summed E-state index contributed by atoms with van der Waals surface area (Å²) in [5.74, 6) is 0.856. The van der Waals surface area contributed by atoms with Crippen LogP contribution in [0.4, 0.5) is 0 Å². The standard InChI is InChI=1S/C7H5IO/c1-9-7-5-3-2-4-6(7)8/h3,5H,1H3. The van der Waals surface area contributed by atoms with Gasteiger partial charge in [-0.25, -0.2) is 0 Å². The largest absolute Gasteiger partial charge is 0.495 e. The maximum absolute atomic E-state index is 4.99. The highest BCUT2D eigenvalue weighted by atomic mass is 127. The van der Waals surface area contributed by atoms with Gasteiger partial charge in [0.2, 0.25) is 0 Å². The minimum Gasteiger partial charge on any atom is -0.495 e. The predicted octanol–water partition coefficient (Wildman–Crippen LogP) is 2.16. The van der Waals surface area contributed by atoms with Gasteiger partial charge in [-0.3, -0.25) is 0 Å². The van der Waals surface area contributed by atoms with E-state index in [0.717, 1.165) is 9.34 Å². The number of methoxy groups -OCH3 is 1. The molecule has 0 spiro atoms. The second-order valence-electron chi connectivity index (χ2n) is 1.49. The lowest BCUT2D eigenvalue weighted by Crippen LogP contribution is -1.84. The third kappa shape index (κ3) is 1.49. The summed E-state index contributed by atoms with van der Waals surface area (Å²) in [5.41, 5.74) is 5.71. The van der Waals surface area contributed by atoms with E-state index in [1.165, 1.54) is 0 Å². The van der Waals surface area contributed by atoms with Crippen molar-refractivity contribution in [3.05, 3.63) is 33.0 Å². The van der Waals surface area contributed by atoms with Crippen LogP contribution >= 0.6 is 22.6 Å². The van der Waals surface area contributed by atoms with Crippen molar-refractivity contribution in [3.63, 3.8) is 0 Å². The summed E-state index contributed by atoms with van der Waals surface area (Å²) in [6, 6.07) is 0. The SMILES string of the molecule is COC1=CC=C=C=C1I. The first kappa shape index (κ1) is 6.69. The molecular formula is C7H5IO. The third-order valence-corrected chi connectivity index (χ3v) is 1.74. The van der Waals surface area contributed by atoms with Crippen LogP contribution in [-0.2, 0) is 4.74 Å². The number of hydrogen-bond acceptors (Lipinski definition) is 1. The molecule has 0 radical (unpaired) electrons. The summed E-state index contributed by atoms with van der Waals surface area (Å²) in [6.07, 6.45) is 3.64. The van der Waals surface area contributed by atoms with Crippen molar-refractivity contribution >= 4 is 22.6 Å². The maximum atomic E-state index is 4.99. The zero-order chi connectivity index (χ0) is 6.69. The average molecular weight is 232 g/mol. The molecule has 1 aliphatic carbocycles. The maximum Gasteiger partial charge on any atom is 0.141 e. The lowest BCUT2D eigenvalue weighted by atomic mass is 10.3. The molecule has 0 saturated heterocycles. The van der Waals surface area contributed by atoms with E-state index in [-0.39, 0.29) is 0 Å². The Bertz CT molecular complexity index is 238. The van der Waals surface area contributed by atoms with Gasteiger partial charge in [0.25, 0.3) is 0 Å². The lowest BCUT2D eigenvalue weighted by molar-refractivity contribution is 0.306. The molecule has 0 aromatic rings. The zero-order valence-electron chi connectivity index (χ0n) is 4.94. The highest BCUT2D eigenvalue weighted by Gasteiger charge is 1.98. The van der Waals surface area contributed by atoms with Crippen molar-refractivity contribution in [1.82, 2.24) is 0 Å². The van der Waals surface area contributed by atoms with Crippen molar-refractivity contribution in [3.8, 4) is 0 Å². The normalized spacial score (nSPS) is 14.9. The summed E-state index contributed by atoms with van der Waals surface area (Å²) in [7, 11) is 1.64. The monoisotopic (exact) mass is 232 g/mol.